The van der Waals surface area contributed by atoms with Crippen LogP contribution in [0, 0.1) is 12.8 Å². The quantitative estimate of drug-likeness (QED) is 0.765. The van der Waals surface area contributed by atoms with Crippen molar-refractivity contribution in [1.29, 1.82) is 0 Å². The summed E-state index contributed by atoms with van der Waals surface area (Å²) in [5.74, 6) is 1.85. The summed E-state index contributed by atoms with van der Waals surface area (Å²) in [6, 6.07) is 9.08. The van der Waals surface area contributed by atoms with Gasteiger partial charge < -0.3 is 9.73 Å². The molecule has 0 bridgehead atoms. The van der Waals surface area contributed by atoms with Gasteiger partial charge >= 0.3 is 0 Å². The van der Waals surface area contributed by atoms with Gasteiger partial charge in [-0.2, -0.15) is 0 Å². The molecule has 1 N–H and O–H groups in total. The Morgan fingerprint density at radius 3 is 2.62 bits per heavy atom. The van der Waals surface area contributed by atoms with E-state index in [0.717, 1.165) is 17.9 Å². The van der Waals surface area contributed by atoms with E-state index in [1.807, 2.05) is 0 Å². The summed E-state index contributed by atoms with van der Waals surface area (Å²) in [7, 11) is 0. The highest BCUT2D eigenvalue weighted by Crippen LogP contribution is 2.36. The van der Waals surface area contributed by atoms with Gasteiger partial charge in [0.05, 0.1) is 6.04 Å². The average Bonchev–Trinajstić information content (AvgIpc) is 2.70. The van der Waals surface area contributed by atoms with Crippen molar-refractivity contribution in [3.63, 3.8) is 0 Å². The fourth-order valence-electron chi connectivity index (χ4n) is 3.70. The lowest BCUT2D eigenvalue weighted by atomic mass is 9.90. The molecule has 1 fully saturated rings. The number of hydrogen-bond acceptors (Lipinski definition) is 2. The van der Waals surface area contributed by atoms with E-state index in [4.69, 9.17) is 4.42 Å². The molecule has 1 heterocycles. The first-order chi connectivity index (χ1) is 10.3. The summed E-state index contributed by atoms with van der Waals surface area (Å²) in [5.41, 5.74) is 2.32. The molecule has 21 heavy (non-hydrogen) atoms. The highest BCUT2D eigenvalue weighted by atomic mass is 16.3. The minimum absolute atomic E-state index is 0.376. The monoisotopic (exact) mass is 285 g/mol. The third-order valence-corrected chi connectivity index (χ3v) is 4.79. The van der Waals surface area contributed by atoms with E-state index >= 15 is 0 Å². The zero-order valence-electron chi connectivity index (χ0n) is 13.3. The van der Waals surface area contributed by atoms with Gasteiger partial charge in [0.25, 0.3) is 0 Å². The van der Waals surface area contributed by atoms with Gasteiger partial charge in [-0.05, 0) is 50.4 Å². The van der Waals surface area contributed by atoms with Crippen LogP contribution in [0.15, 0.2) is 28.7 Å². The molecule has 1 aromatic carbocycles. The average molecular weight is 285 g/mol. The van der Waals surface area contributed by atoms with Gasteiger partial charge in [-0.3, -0.25) is 0 Å². The summed E-state index contributed by atoms with van der Waals surface area (Å²) < 4.78 is 6.17. The first kappa shape index (κ1) is 14.6. The first-order valence-electron chi connectivity index (χ1n) is 8.51. The summed E-state index contributed by atoms with van der Waals surface area (Å²) in [6.45, 7) is 5.33. The van der Waals surface area contributed by atoms with Crippen molar-refractivity contribution in [2.45, 2.75) is 58.4 Å². The number of rotatable bonds is 4. The van der Waals surface area contributed by atoms with Crippen LogP contribution in [0.1, 0.15) is 62.8 Å². The molecule has 1 aromatic heterocycles. The molecule has 2 nitrogen and oxygen atoms in total. The van der Waals surface area contributed by atoms with E-state index in [2.05, 4.69) is 43.4 Å². The summed E-state index contributed by atoms with van der Waals surface area (Å²) in [5, 5.41) is 4.92. The van der Waals surface area contributed by atoms with Crippen LogP contribution in [-0.4, -0.2) is 6.54 Å². The molecule has 1 saturated carbocycles. The van der Waals surface area contributed by atoms with Crippen LogP contribution in [0.25, 0.3) is 11.0 Å². The van der Waals surface area contributed by atoms with Crippen LogP contribution in [0.5, 0.6) is 0 Å². The third kappa shape index (κ3) is 3.32. The molecule has 0 aliphatic heterocycles. The zero-order chi connectivity index (χ0) is 14.7. The maximum Gasteiger partial charge on any atom is 0.134 e. The molecule has 2 heteroatoms. The molecule has 3 rings (SSSR count). The topological polar surface area (TPSA) is 25.2 Å². The van der Waals surface area contributed by atoms with Gasteiger partial charge in [-0.15, -0.1) is 0 Å². The molecular formula is C19H27NO. The number of fused-ring (bicyclic) bond motifs is 1. The van der Waals surface area contributed by atoms with Crippen molar-refractivity contribution < 1.29 is 4.42 Å². The Kier molecular flexibility index (Phi) is 4.64. The molecule has 0 saturated heterocycles. The van der Waals surface area contributed by atoms with E-state index in [1.54, 1.807) is 0 Å². The lowest BCUT2D eigenvalue weighted by molar-refractivity contribution is 0.292. The molecule has 2 aromatic rings. The fraction of sp³-hybridized carbons (Fsp3) is 0.579. The molecule has 1 unspecified atom stereocenters. The van der Waals surface area contributed by atoms with E-state index in [0.29, 0.717) is 12.0 Å². The fourth-order valence-corrected chi connectivity index (χ4v) is 3.70. The van der Waals surface area contributed by atoms with E-state index in [1.165, 1.54) is 49.5 Å². The minimum atomic E-state index is 0.376. The molecule has 114 valence electrons. The second kappa shape index (κ2) is 6.65. The van der Waals surface area contributed by atoms with Crippen molar-refractivity contribution >= 4 is 11.0 Å². The number of aryl methyl sites for hydroxylation is 1. The van der Waals surface area contributed by atoms with Crippen LogP contribution in [-0.2, 0) is 0 Å². The highest BCUT2D eigenvalue weighted by molar-refractivity contribution is 5.78. The second-order valence-corrected chi connectivity index (χ2v) is 6.48. The molecule has 0 radical (unpaired) electrons. The van der Waals surface area contributed by atoms with Gasteiger partial charge in [0, 0.05) is 5.39 Å². The Bertz CT molecular complexity index is 578. The van der Waals surface area contributed by atoms with E-state index in [9.17, 15) is 0 Å². The Labute approximate surface area is 127 Å². The van der Waals surface area contributed by atoms with E-state index < -0.39 is 0 Å². The van der Waals surface area contributed by atoms with Crippen LogP contribution in [0.4, 0.5) is 0 Å². The highest BCUT2D eigenvalue weighted by Gasteiger charge is 2.26. The lowest BCUT2D eigenvalue weighted by Gasteiger charge is -2.25. The normalized spacial score (nSPS) is 18.8. The lowest BCUT2D eigenvalue weighted by Crippen LogP contribution is -2.27. The number of furan rings is 1. The number of benzene rings is 1. The maximum absolute atomic E-state index is 6.17. The molecule has 1 aliphatic carbocycles. The predicted molar refractivity (Wildman–Crippen MR) is 88.6 cm³/mol. The van der Waals surface area contributed by atoms with Gasteiger partial charge in [-0.25, -0.2) is 0 Å². The SMILES string of the molecule is CCNC(c1cc2cc(C)ccc2o1)C1CCCCCC1. The molecule has 0 spiro atoms. The molecular weight excluding hydrogens is 258 g/mol. The van der Waals surface area contributed by atoms with Crippen molar-refractivity contribution in [2.24, 2.45) is 5.92 Å². The van der Waals surface area contributed by atoms with Crippen LogP contribution < -0.4 is 5.32 Å². The Morgan fingerprint density at radius 2 is 1.90 bits per heavy atom. The third-order valence-electron chi connectivity index (χ3n) is 4.79. The van der Waals surface area contributed by atoms with Crippen LogP contribution in [0.3, 0.4) is 0 Å². The Balaban J connectivity index is 1.90. The van der Waals surface area contributed by atoms with Gasteiger partial charge in [0.1, 0.15) is 11.3 Å². The standard InChI is InChI=1S/C19H27NO/c1-3-20-19(15-8-6-4-5-7-9-15)18-13-16-12-14(2)10-11-17(16)21-18/h10-13,15,19-20H,3-9H2,1-2H3. The van der Waals surface area contributed by atoms with Gasteiger partial charge in [0.15, 0.2) is 0 Å². The smallest absolute Gasteiger partial charge is 0.134 e. The maximum atomic E-state index is 6.17. The van der Waals surface area contributed by atoms with Gasteiger partial charge in [0.2, 0.25) is 0 Å². The van der Waals surface area contributed by atoms with Crippen molar-refractivity contribution in [3.8, 4) is 0 Å². The Morgan fingerprint density at radius 1 is 1.14 bits per heavy atom. The van der Waals surface area contributed by atoms with Gasteiger partial charge in [-0.1, -0.05) is 44.2 Å². The molecule has 1 aliphatic rings. The summed E-state index contributed by atoms with van der Waals surface area (Å²) in [4.78, 5) is 0. The Hall–Kier alpha value is -1.28. The van der Waals surface area contributed by atoms with Crippen molar-refractivity contribution in [3.05, 3.63) is 35.6 Å². The predicted octanol–water partition coefficient (Wildman–Crippen LogP) is 5.36. The molecule has 0 amide bonds. The van der Waals surface area contributed by atoms with Crippen LogP contribution >= 0.6 is 0 Å². The number of hydrogen-bond donors (Lipinski definition) is 1. The molecule has 1 atom stereocenters. The zero-order valence-corrected chi connectivity index (χ0v) is 13.3. The van der Waals surface area contributed by atoms with Crippen LogP contribution in [0.2, 0.25) is 0 Å². The van der Waals surface area contributed by atoms with Crippen molar-refractivity contribution in [2.75, 3.05) is 6.54 Å². The minimum Gasteiger partial charge on any atom is -0.459 e. The first-order valence-corrected chi connectivity index (χ1v) is 8.51. The van der Waals surface area contributed by atoms with Crippen molar-refractivity contribution in [1.82, 2.24) is 5.32 Å². The second-order valence-electron chi connectivity index (χ2n) is 6.48. The van der Waals surface area contributed by atoms with E-state index in [-0.39, 0.29) is 0 Å². The number of nitrogens with one attached hydrogen (secondary N) is 1. The summed E-state index contributed by atoms with van der Waals surface area (Å²) >= 11 is 0. The summed E-state index contributed by atoms with van der Waals surface area (Å²) in [6.07, 6.45) is 8.18. The largest absolute Gasteiger partial charge is 0.459 e.